The predicted molar refractivity (Wildman–Crippen MR) is 110 cm³/mol. The number of rotatable bonds is 3. The summed E-state index contributed by atoms with van der Waals surface area (Å²) in [7, 11) is 1.97. The lowest BCUT2D eigenvalue weighted by atomic mass is 10.0. The first-order valence-corrected chi connectivity index (χ1v) is 9.17. The minimum atomic E-state index is -0.0804. The lowest BCUT2D eigenvalue weighted by Crippen LogP contribution is -2.49. The highest BCUT2D eigenvalue weighted by molar-refractivity contribution is 6.33. The smallest absolute Gasteiger partial charge is 0.259 e. The monoisotopic (exact) mass is 421 g/mol. The van der Waals surface area contributed by atoms with Gasteiger partial charge in [-0.1, -0.05) is 35.0 Å². The summed E-state index contributed by atoms with van der Waals surface area (Å²) in [5.41, 5.74) is 1.68. The van der Waals surface area contributed by atoms with Gasteiger partial charge >= 0.3 is 0 Å². The minimum absolute atomic E-state index is 0. The highest BCUT2D eigenvalue weighted by atomic mass is 35.5. The topological polar surface area (TPSA) is 67.4 Å². The highest BCUT2D eigenvalue weighted by Crippen LogP contribution is 2.32. The third kappa shape index (κ3) is 3.59. The number of carbonyl (C=O) groups excluding carboxylic acids is 1. The molecule has 1 aliphatic rings. The molecule has 2 aromatic heterocycles. The van der Waals surface area contributed by atoms with Gasteiger partial charge in [-0.25, -0.2) is 4.98 Å². The second-order valence-corrected chi connectivity index (χ2v) is 6.97. The number of piperazine rings is 1. The summed E-state index contributed by atoms with van der Waals surface area (Å²) in [6, 6.07) is 7.33. The van der Waals surface area contributed by atoms with E-state index in [9.17, 15) is 4.79 Å². The number of halogens is 2. The Kier molecular flexibility index (Phi) is 5.96. The average molecular weight is 422 g/mol. The molecule has 9 heteroatoms. The Morgan fingerprint density at radius 1 is 1.18 bits per heavy atom. The molecule has 1 fully saturated rings. The number of aryl methyl sites for hydroxylation is 2. The average Bonchev–Trinajstić information content (AvgIpc) is 3.27. The number of imidazole rings is 1. The van der Waals surface area contributed by atoms with Crippen LogP contribution in [0.5, 0.6) is 0 Å². The number of carbonyl (C=O) groups is 1. The summed E-state index contributed by atoms with van der Waals surface area (Å²) in [6.45, 7) is 4.42. The maximum Gasteiger partial charge on any atom is 0.259 e. The van der Waals surface area contributed by atoms with Gasteiger partial charge in [-0.2, -0.15) is 0 Å². The SMILES string of the molecule is Cc1onc(-c2ccccc2Cl)c1C(=O)N1CCN(c2nccn2C)CC1.Cl. The maximum absolute atomic E-state index is 13.2. The fourth-order valence-corrected chi connectivity index (χ4v) is 3.62. The number of hydrogen-bond acceptors (Lipinski definition) is 5. The van der Waals surface area contributed by atoms with Crippen LogP contribution in [0.4, 0.5) is 5.95 Å². The fraction of sp³-hybridized carbons (Fsp3) is 0.316. The van der Waals surface area contributed by atoms with Crippen molar-refractivity contribution in [1.82, 2.24) is 19.6 Å². The Bertz CT molecular complexity index is 976. The van der Waals surface area contributed by atoms with E-state index in [-0.39, 0.29) is 18.3 Å². The summed E-state index contributed by atoms with van der Waals surface area (Å²) >= 11 is 6.30. The van der Waals surface area contributed by atoms with Crippen LogP contribution in [0.2, 0.25) is 5.02 Å². The van der Waals surface area contributed by atoms with E-state index in [0.29, 0.717) is 40.7 Å². The van der Waals surface area contributed by atoms with E-state index in [2.05, 4.69) is 15.0 Å². The molecule has 0 radical (unpaired) electrons. The van der Waals surface area contributed by atoms with Crippen molar-refractivity contribution < 1.29 is 9.32 Å². The van der Waals surface area contributed by atoms with Crippen molar-refractivity contribution in [2.45, 2.75) is 6.92 Å². The number of amides is 1. The molecule has 28 heavy (non-hydrogen) atoms. The van der Waals surface area contributed by atoms with Crippen LogP contribution in [0.1, 0.15) is 16.1 Å². The third-order valence-electron chi connectivity index (χ3n) is 4.85. The molecule has 0 spiro atoms. The number of nitrogens with zero attached hydrogens (tertiary/aromatic N) is 5. The molecule has 3 aromatic rings. The molecule has 1 saturated heterocycles. The largest absolute Gasteiger partial charge is 0.360 e. The van der Waals surface area contributed by atoms with Crippen LogP contribution < -0.4 is 4.90 Å². The zero-order valence-corrected chi connectivity index (χ0v) is 17.2. The summed E-state index contributed by atoms with van der Waals surface area (Å²) in [6.07, 6.45) is 3.70. The van der Waals surface area contributed by atoms with Crippen LogP contribution in [0.25, 0.3) is 11.3 Å². The van der Waals surface area contributed by atoms with E-state index in [4.69, 9.17) is 16.1 Å². The van der Waals surface area contributed by atoms with Gasteiger partial charge in [-0.05, 0) is 13.0 Å². The van der Waals surface area contributed by atoms with Gasteiger partial charge in [0.25, 0.3) is 5.91 Å². The van der Waals surface area contributed by atoms with Crippen LogP contribution in [0, 0.1) is 6.92 Å². The molecule has 0 N–H and O–H groups in total. The molecule has 4 rings (SSSR count). The molecule has 0 saturated carbocycles. The van der Waals surface area contributed by atoms with Crippen molar-refractivity contribution in [3.8, 4) is 11.3 Å². The molecular formula is C19H21Cl2N5O2. The van der Waals surface area contributed by atoms with Gasteiger partial charge in [0, 0.05) is 51.2 Å². The van der Waals surface area contributed by atoms with Crippen molar-refractivity contribution in [2.24, 2.45) is 7.05 Å². The molecule has 3 heterocycles. The van der Waals surface area contributed by atoms with Crippen molar-refractivity contribution >= 4 is 35.9 Å². The van der Waals surface area contributed by atoms with Gasteiger partial charge in [-0.3, -0.25) is 4.79 Å². The molecule has 0 bridgehead atoms. The van der Waals surface area contributed by atoms with E-state index in [1.54, 1.807) is 19.2 Å². The molecule has 0 unspecified atom stereocenters. The zero-order chi connectivity index (χ0) is 19.0. The van der Waals surface area contributed by atoms with E-state index in [0.717, 1.165) is 19.0 Å². The van der Waals surface area contributed by atoms with Crippen LogP contribution in [0.3, 0.4) is 0 Å². The van der Waals surface area contributed by atoms with Gasteiger partial charge in [0.2, 0.25) is 5.95 Å². The lowest BCUT2D eigenvalue weighted by molar-refractivity contribution is 0.0745. The first-order valence-electron chi connectivity index (χ1n) is 8.79. The number of benzene rings is 1. The van der Waals surface area contributed by atoms with E-state index >= 15 is 0 Å². The fourth-order valence-electron chi connectivity index (χ4n) is 3.39. The van der Waals surface area contributed by atoms with Crippen molar-refractivity contribution in [3.63, 3.8) is 0 Å². The predicted octanol–water partition coefficient (Wildman–Crippen LogP) is 3.42. The van der Waals surface area contributed by atoms with E-state index in [1.807, 2.05) is 40.9 Å². The molecule has 1 aliphatic heterocycles. The van der Waals surface area contributed by atoms with Gasteiger partial charge in [0.05, 0.1) is 5.02 Å². The van der Waals surface area contributed by atoms with Crippen molar-refractivity contribution in [3.05, 3.63) is 53.0 Å². The van der Waals surface area contributed by atoms with Gasteiger partial charge in [0.15, 0.2) is 0 Å². The number of anilines is 1. The van der Waals surface area contributed by atoms with Crippen molar-refractivity contribution in [1.29, 1.82) is 0 Å². The normalized spacial score (nSPS) is 14.1. The molecular weight excluding hydrogens is 401 g/mol. The van der Waals surface area contributed by atoms with Gasteiger partial charge < -0.3 is 18.9 Å². The molecule has 7 nitrogen and oxygen atoms in total. The number of aromatic nitrogens is 3. The Balaban J connectivity index is 0.00000225. The Labute approximate surface area is 174 Å². The third-order valence-corrected chi connectivity index (χ3v) is 5.18. The summed E-state index contributed by atoms with van der Waals surface area (Å²) in [5, 5.41) is 4.64. The summed E-state index contributed by atoms with van der Waals surface area (Å²) in [4.78, 5) is 21.6. The molecule has 1 amide bonds. The Hall–Kier alpha value is -2.51. The Morgan fingerprint density at radius 3 is 2.54 bits per heavy atom. The zero-order valence-electron chi connectivity index (χ0n) is 15.6. The van der Waals surface area contributed by atoms with Crippen LogP contribution >= 0.6 is 24.0 Å². The lowest BCUT2D eigenvalue weighted by Gasteiger charge is -2.35. The molecule has 0 atom stereocenters. The highest BCUT2D eigenvalue weighted by Gasteiger charge is 2.29. The minimum Gasteiger partial charge on any atom is -0.360 e. The number of hydrogen-bond donors (Lipinski definition) is 0. The van der Waals surface area contributed by atoms with Crippen molar-refractivity contribution in [2.75, 3.05) is 31.1 Å². The second kappa shape index (κ2) is 8.24. The standard InChI is InChI=1S/C19H20ClN5O2.ClH/c1-13-16(17(22-27-13)14-5-3-4-6-15(14)20)18(26)24-9-11-25(12-10-24)19-21-7-8-23(19)2;/h3-8H,9-12H2,1-2H3;1H. The van der Waals surface area contributed by atoms with Crippen LogP contribution in [0.15, 0.2) is 41.2 Å². The van der Waals surface area contributed by atoms with Crippen LogP contribution in [-0.2, 0) is 7.05 Å². The first kappa shape index (κ1) is 20.2. The first-order chi connectivity index (χ1) is 13.1. The summed E-state index contributed by atoms with van der Waals surface area (Å²) < 4.78 is 7.32. The van der Waals surface area contributed by atoms with Crippen LogP contribution in [-0.4, -0.2) is 51.7 Å². The second-order valence-electron chi connectivity index (χ2n) is 6.56. The Morgan fingerprint density at radius 2 is 1.89 bits per heavy atom. The maximum atomic E-state index is 13.2. The molecule has 1 aromatic carbocycles. The molecule has 148 valence electrons. The van der Waals surface area contributed by atoms with E-state index < -0.39 is 0 Å². The molecule has 0 aliphatic carbocycles. The van der Waals surface area contributed by atoms with Gasteiger partial charge in [-0.15, -0.1) is 12.4 Å². The van der Waals surface area contributed by atoms with E-state index in [1.165, 1.54) is 0 Å². The summed E-state index contributed by atoms with van der Waals surface area (Å²) in [5.74, 6) is 1.34. The van der Waals surface area contributed by atoms with Gasteiger partial charge in [0.1, 0.15) is 17.0 Å². The quantitative estimate of drug-likeness (QED) is 0.647.